The van der Waals surface area contributed by atoms with Crippen LogP contribution in [-0.4, -0.2) is 49.0 Å². The van der Waals surface area contributed by atoms with Crippen molar-refractivity contribution in [3.63, 3.8) is 0 Å². The van der Waals surface area contributed by atoms with Crippen LogP contribution in [0.3, 0.4) is 0 Å². The molecule has 20 heavy (non-hydrogen) atoms. The summed E-state index contributed by atoms with van der Waals surface area (Å²) < 4.78 is 11.2. The van der Waals surface area contributed by atoms with E-state index in [1.807, 2.05) is 0 Å². The highest BCUT2D eigenvalue weighted by molar-refractivity contribution is 5.27. The summed E-state index contributed by atoms with van der Waals surface area (Å²) in [6.07, 6.45) is 7.06. The molecule has 2 aliphatic heterocycles. The van der Waals surface area contributed by atoms with Gasteiger partial charge >= 0.3 is 0 Å². The monoisotopic (exact) mass is 280 g/mol. The molecule has 1 aromatic heterocycles. The highest BCUT2D eigenvalue weighted by Gasteiger charge is 2.17. The zero-order chi connectivity index (χ0) is 13.6. The predicted octanol–water partition coefficient (Wildman–Crippen LogP) is 1.37. The minimum absolute atomic E-state index is 0.390. The second-order valence-corrected chi connectivity index (χ2v) is 5.61. The number of rotatable bonds is 5. The maximum atomic E-state index is 5.86. The van der Waals surface area contributed by atoms with Crippen molar-refractivity contribution in [3.05, 3.63) is 5.89 Å². The van der Waals surface area contributed by atoms with Crippen molar-refractivity contribution < 1.29 is 9.26 Å². The van der Waals surface area contributed by atoms with E-state index in [9.17, 15) is 0 Å². The summed E-state index contributed by atoms with van der Waals surface area (Å²) in [5.41, 5.74) is 0. The second kappa shape index (κ2) is 7.04. The maximum Gasteiger partial charge on any atom is 0.266 e. The van der Waals surface area contributed by atoms with E-state index in [4.69, 9.17) is 9.26 Å². The number of piperidine rings is 2. The van der Waals surface area contributed by atoms with Gasteiger partial charge in [-0.3, -0.25) is 0 Å². The molecule has 2 fully saturated rings. The third-order valence-corrected chi connectivity index (χ3v) is 4.05. The summed E-state index contributed by atoms with van der Waals surface area (Å²) in [5, 5.41) is 7.42. The number of aromatic nitrogens is 2. The van der Waals surface area contributed by atoms with Gasteiger partial charge in [0.05, 0.1) is 19.1 Å². The molecule has 3 rings (SSSR count). The number of hydrogen-bond donors (Lipinski definition) is 1. The Morgan fingerprint density at radius 3 is 2.80 bits per heavy atom. The molecule has 0 aliphatic carbocycles. The number of anilines is 1. The van der Waals surface area contributed by atoms with Gasteiger partial charge in [-0.2, -0.15) is 4.98 Å². The fraction of sp³-hybridized carbons (Fsp3) is 0.857. The summed E-state index contributed by atoms with van der Waals surface area (Å²) in [7, 11) is 0. The lowest BCUT2D eigenvalue weighted by molar-refractivity contribution is 0.0322. The van der Waals surface area contributed by atoms with Crippen molar-refractivity contribution in [2.24, 2.45) is 0 Å². The standard InChI is InChI=1S/C14H24N4O2/c1-2-9-18(10-3-1)14-16-13(20-17-14)6-11-19-12-4-7-15-8-5-12/h12,15H,1-11H2. The lowest BCUT2D eigenvalue weighted by Crippen LogP contribution is -2.32. The third-order valence-electron chi connectivity index (χ3n) is 4.05. The topological polar surface area (TPSA) is 63.4 Å². The Balaban J connectivity index is 1.42. The summed E-state index contributed by atoms with van der Waals surface area (Å²) in [5.74, 6) is 1.45. The molecule has 0 amide bonds. The van der Waals surface area contributed by atoms with Gasteiger partial charge in [-0.25, -0.2) is 0 Å². The van der Waals surface area contributed by atoms with Crippen molar-refractivity contribution in [2.45, 2.75) is 44.6 Å². The first kappa shape index (κ1) is 13.8. The minimum atomic E-state index is 0.390. The zero-order valence-corrected chi connectivity index (χ0v) is 12.0. The lowest BCUT2D eigenvalue weighted by Gasteiger charge is -2.24. The van der Waals surface area contributed by atoms with Crippen LogP contribution >= 0.6 is 0 Å². The van der Waals surface area contributed by atoms with Crippen LogP contribution in [0.4, 0.5) is 5.95 Å². The Morgan fingerprint density at radius 2 is 2.00 bits per heavy atom. The van der Waals surface area contributed by atoms with Crippen LogP contribution in [0.2, 0.25) is 0 Å². The largest absolute Gasteiger partial charge is 0.378 e. The molecule has 0 atom stereocenters. The van der Waals surface area contributed by atoms with E-state index in [0.29, 0.717) is 25.0 Å². The molecule has 1 aromatic rings. The van der Waals surface area contributed by atoms with Crippen LogP contribution < -0.4 is 10.2 Å². The van der Waals surface area contributed by atoms with Gasteiger partial charge in [0, 0.05) is 13.1 Å². The highest BCUT2D eigenvalue weighted by atomic mass is 16.5. The van der Waals surface area contributed by atoms with Crippen LogP contribution in [0.1, 0.15) is 38.0 Å². The van der Waals surface area contributed by atoms with E-state index in [2.05, 4.69) is 20.4 Å². The smallest absolute Gasteiger partial charge is 0.266 e. The predicted molar refractivity (Wildman–Crippen MR) is 75.9 cm³/mol. The molecule has 0 radical (unpaired) electrons. The number of nitrogens with zero attached hydrogens (tertiary/aromatic N) is 3. The Bertz CT molecular complexity index is 398. The van der Waals surface area contributed by atoms with Gasteiger partial charge in [0.25, 0.3) is 5.95 Å². The summed E-state index contributed by atoms with van der Waals surface area (Å²) in [6, 6.07) is 0. The van der Waals surface area contributed by atoms with Crippen molar-refractivity contribution in [1.82, 2.24) is 15.5 Å². The fourth-order valence-corrected chi connectivity index (χ4v) is 2.84. The van der Waals surface area contributed by atoms with Crippen LogP contribution in [-0.2, 0) is 11.2 Å². The molecule has 2 aliphatic rings. The van der Waals surface area contributed by atoms with Crippen LogP contribution in [0.25, 0.3) is 0 Å². The number of nitrogens with one attached hydrogen (secondary N) is 1. The van der Waals surface area contributed by atoms with Gasteiger partial charge in [-0.05, 0) is 50.4 Å². The minimum Gasteiger partial charge on any atom is -0.378 e. The quantitative estimate of drug-likeness (QED) is 0.879. The maximum absolute atomic E-state index is 5.86. The third kappa shape index (κ3) is 3.70. The van der Waals surface area contributed by atoms with Crippen molar-refractivity contribution in [3.8, 4) is 0 Å². The van der Waals surface area contributed by atoms with Gasteiger partial charge in [-0.15, -0.1) is 0 Å². The van der Waals surface area contributed by atoms with Crippen LogP contribution in [0, 0.1) is 0 Å². The molecule has 6 nitrogen and oxygen atoms in total. The highest BCUT2D eigenvalue weighted by Crippen LogP contribution is 2.16. The lowest BCUT2D eigenvalue weighted by atomic mass is 10.1. The summed E-state index contributed by atoms with van der Waals surface area (Å²) in [6.45, 7) is 4.88. The molecule has 0 bridgehead atoms. The van der Waals surface area contributed by atoms with Crippen molar-refractivity contribution >= 4 is 5.95 Å². The average Bonchev–Trinajstić information content (AvgIpc) is 2.98. The normalized spacial score (nSPS) is 21.3. The number of hydrogen-bond acceptors (Lipinski definition) is 6. The Labute approximate surface area is 119 Å². The molecule has 3 heterocycles. The summed E-state index contributed by atoms with van der Waals surface area (Å²) in [4.78, 5) is 6.68. The van der Waals surface area contributed by atoms with Crippen molar-refractivity contribution in [2.75, 3.05) is 37.7 Å². The first-order valence-corrected chi connectivity index (χ1v) is 7.82. The molecule has 0 spiro atoms. The van der Waals surface area contributed by atoms with Crippen LogP contribution in [0.5, 0.6) is 0 Å². The SMILES string of the molecule is C1CCN(c2noc(CCOC3CCNCC3)n2)CC1. The Morgan fingerprint density at radius 1 is 1.20 bits per heavy atom. The zero-order valence-electron chi connectivity index (χ0n) is 12.0. The molecule has 0 aromatic carbocycles. The van der Waals surface area contributed by atoms with Gasteiger partial charge in [-0.1, -0.05) is 0 Å². The molecule has 1 N–H and O–H groups in total. The van der Waals surface area contributed by atoms with Crippen molar-refractivity contribution in [1.29, 1.82) is 0 Å². The molecular weight excluding hydrogens is 256 g/mol. The van der Waals surface area contributed by atoms with E-state index in [1.54, 1.807) is 0 Å². The van der Waals surface area contributed by atoms with Crippen LogP contribution in [0.15, 0.2) is 4.52 Å². The first-order valence-electron chi connectivity index (χ1n) is 7.82. The van der Waals surface area contributed by atoms with E-state index in [0.717, 1.165) is 45.0 Å². The van der Waals surface area contributed by atoms with E-state index < -0.39 is 0 Å². The fourth-order valence-electron chi connectivity index (χ4n) is 2.84. The van der Waals surface area contributed by atoms with Gasteiger partial charge in [0.2, 0.25) is 5.89 Å². The van der Waals surface area contributed by atoms with Gasteiger partial charge < -0.3 is 19.5 Å². The van der Waals surface area contributed by atoms with E-state index in [1.165, 1.54) is 19.3 Å². The molecule has 6 heteroatoms. The molecular formula is C14H24N4O2. The first-order chi connectivity index (χ1) is 9.92. The van der Waals surface area contributed by atoms with Gasteiger partial charge in [0.1, 0.15) is 0 Å². The average molecular weight is 280 g/mol. The second-order valence-electron chi connectivity index (χ2n) is 5.61. The van der Waals surface area contributed by atoms with E-state index >= 15 is 0 Å². The molecule has 0 saturated carbocycles. The van der Waals surface area contributed by atoms with E-state index in [-0.39, 0.29) is 0 Å². The number of ether oxygens (including phenoxy) is 1. The molecule has 2 saturated heterocycles. The Kier molecular flexibility index (Phi) is 4.86. The molecule has 112 valence electrons. The van der Waals surface area contributed by atoms with Gasteiger partial charge in [0.15, 0.2) is 0 Å². The molecule has 0 unspecified atom stereocenters. The Hall–Kier alpha value is -1.14. The summed E-state index contributed by atoms with van der Waals surface area (Å²) >= 11 is 0.